The van der Waals surface area contributed by atoms with E-state index in [-0.39, 0.29) is 12.2 Å². The lowest BCUT2D eigenvalue weighted by Gasteiger charge is -2.24. The smallest absolute Gasteiger partial charge is 0.417 e. The Morgan fingerprint density at radius 1 is 1.35 bits per heavy atom. The molecule has 1 amide bonds. The molecule has 0 bridgehead atoms. The highest BCUT2D eigenvalue weighted by Gasteiger charge is 2.35. The minimum atomic E-state index is -4.48. The first-order chi connectivity index (χ1) is 9.08. The zero-order valence-electron chi connectivity index (χ0n) is 11.4. The fourth-order valence-corrected chi connectivity index (χ4v) is 1.91. The van der Waals surface area contributed by atoms with Gasteiger partial charge in [-0.2, -0.15) is 13.2 Å². The number of anilines is 1. The van der Waals surface area contributed by atoms with Crippen LogP contribution in [0.4, 0.5) is 23.7 Å². The minimum Gasteiger partial charge on any atom is -0.443 e. The number of halogens is 3. The van der Waals surface area contributed by atoms with Crippen molar-refractivity contribution < 1.29 is 22.7 Å². The van der Waals surface area contributed by atoms with E-state index < -0.39 is 23.4 Å². The van der Waals surface area contributed by atoms with Crippen molar-refractivity contribution >= 4 is 11.8 Å². The standard InChI is InChI=1S/C13H15F3N2O2/c1-12(2,3)20-11(19)18-5-4-9-10(18)6-8(7-17-9)13(14,15)16/h6-7H,4-5H2,1-3H3. The van der Waals surface area contributed by atoms with Crippen molar-refractivity contribution in [3.8, 4) is 0 Å². The van der Waals surface area contributed by atoms with Gasteiger partial charge in [-0.05, 0) is 26.8 Å². The molecule has 1 aromatic heterocycles. The predicted octanol–water partition coefficient (Wildman–Crippen LogP) is 3.40. The second-order valence-corrected chi connectivity index (χ2v) is 5.57. The molecule has 2 heterocycles. The third-order valence-electron chi connectivity index (χ3n) is 2.75. The summed E-state index contributed by atoms with van der Waals surface area (Å²) in [5, 5.41) is 0. The summed E-state index contributed by atoms with van der Waals surface area (Å²) in [6, 6.07) is 0.944. The number of rotatable bonds is 0. The number of hydrogen-bond acceptors (Lipinski definition) is 3. The maximum atomic E-state index is 12.7. The highest BCUT2D eigenvalue weighted by molar-refractivity contribution is 5.90. The molecule has 0 aromatic carbocycles. The van der Waals surface area contributed by atoms with E-state index in [1.54, 1.807) is 20.8 Å². The van der Waals surface area contributed by atoms with Crippen LogP contribution >= 0.6 is 0 Å². The predicted molar refractivity (Wildman–Crippen MR) is 66.5 cm³/mol. The number of amides is 1. The molecule has 7 heteroatoms. The Kier molecular flexibility index (Phi) is 3.39. The van der Waals surface area contributed by atoms with Crippen molar-refractivity contribution in [3.05, 3.63) is 23.5 Å². The van der Waals surface area contributed by atoms with Gasteiger partial charge in [0.05, 0.1) is 16.9 Å². The van der Waals surface area contributed by atoms with Crippen molar-refractivity contribution in [1.82, 2.24) is 4.98 Å². The number of fused-ring (bicyclic) bond motifs is 1. The van der Waals surface area contributed by atoms with Gasteiger partial charge < -0.3 is 4.74 Å². The average molecular weight is 288 g/mol. The molecule has 1 aromatic rings. The Labute approximate surface area is 114 Å². The SMILES string of the molecule is CC(C)(C)OC(=O)N1CCc2ncc(C(F)(F)F)cc21. The molecule has 20 heavy (non-hydrogen) atoms. The molecule has 0 aliphatic carbocycles. The molecule has 0 saturated heterocycles. The van der Waals surface area contributed by atoms with Gasteiger partial charge in [0.1, 0.15) is 5.60 Å². The van der Waals surface area contributed by atoms with Crippen LogP contribution in [0.1, 0.15) is 32.0 Å². The van der Waals surface area contributed by atoms with Crippen LogP contribution in [0.25, 0.3) is 0 Å². The molecular formula is C13H15F3N2O2. The van der Waals surface area contributed by atoms with E-state index >= 15 is 0 Å². The van der Waals surface area contributed by atoms with Crippen LogP contribution in [-0.2, 0) is 17.3 Å². The molecule has 0 saturated carbocycles. The van der Waals surface area contributed by atoms with Crippen molar-refractivity contribution in [1.29, 1.82) is 0 Å². The number of carbonyl (C=O) groups is 1. The normalized spacial score (nSPS) is 15.2. The molecule has 110 valence electrons. The number of alkyl halides is 3. The van der Waals surface area contributed by atoms with Gasteiger partial charge in [0.25, 0.3) is 0 Å². The summed E-state index contributed by atoms with van der Waals surface area (Å²) >= 11 is 0. The summed E-state index contributed by atoms with van der Waals surface area (Å²) in [5.74, 6) is 0. The second-order valence-electron chi connectivity index (χ2n) is 5.57. The first-order valence-electron chi connectivity index (χ1n) is 6.14. The Bertz CT molecular complexity index is 535. The van der Waals surface area contributed by atoms with E-state index in [4.69, 9.17) is 4.74 Å². The Morgan fingerprint density at radius 2 is 2.00 bits per heavy atom. The Morgan fingerprint density at radius 3 is 2.55 bits per heavy atom. The molecule has 1 aliphatic heterocycles. The zero-order valence-corrected chi connectivity index (χ0v) is 11.4. The van der Waals surface area contributed by atoms with Gasteiger partial charge in [-0.25, -0.2) is 4.79 Å². The van der Waals surface area contributed by atoms with E-state index in [0.29, 0.717) is 12.1 Å². The van der Waals surface area contributed by atoms with E-state index in [2.05, 4.69) is 4.98 Å². The zero-order chi connectivity index (χ0) is 15.1. The average Bonchev–Trinajstić information content (AvgIpc) is 2.67. The summed E-state index contributed by atoms with van der Waals surface area (Å²) in [6.45, 7) is 5.38. The number of aromatic nitrogens is 1. The lowest BCUT2D eigenvalue weighted by Crippen LogP contribution is -2.35. The fourth-order valence-electron chi connectivity index (χ4n) is 1.91. The molecule has 4 nitrogen and oxygen atoms in total. The summed E-state index contributed by atoms with van der Waals surface area (Å²) in [4.78, 5) is 17.0. The van der Waals surface area contributed by atoms with Crippen molar-refractivity contribution in [2.24, 2.45) is 0 Å². The van der Waals surface area contributed by atoms with Gasteiger partial charge in [0.2, 0.25) is 0 Å². The van der Waals surface area contributed by atoms with Crippen LogP contribution in [0.2, 0.25) is 0 Å². The van der Waals surface area contributed by atoms with Crippen LogP contribution in [0.3, 0.4) is 0 Å². The Balaban J connectivity index is 2.29. The molecule has 1 aliphatic rings. The molecule has 0 radical (unpaired) electrons. The monoisotopic (exact) mass is 288 g/mol. The summed E-state index contributed by atoms with van der Waals surface area (Å²) in [7, 11) is 0. The van der Waals surface area contributed by atoms with Gasteiger partial charge in [-0.15, -0.1) is 0 Å². The van der Waals surface area contributed by atoms with E-state index in [1.165, 1.54) is 4.90 Å². The van der Waals surface area contributed by atoms with Crippen molar-refractivity contribution in [3.63, 3.8) is 0 Å². The molecule has 0 unspecified atom stereocenters. The van der Waals surface area contributed by atoms with Gasteiger partial charge in [0.15, 0.2) is 0 Å². The molecule has 0 fully saturated rings. The van der Waals surface area contributed by atoms with Crippen LogP contribution in [0, 0.1) is 0 Å². The lowest BCUT2D eigenvalue weighted by atomic mass is 10.2. The van der Waals surface area contributed by atoms with Crippen LogP contribution in [0.5, 0.6) is 0 Å². The maximum absolute atomic E-state index is 12.7. The van der Waals surface area contributed by atoms with Gasteiger partial charge in [-0.3, -0.25) is 9.88 Å². The van der Waals surface area contributed by atoms with Gasteiger partial charge >= 0.3 is 12.3 Å². The number of carbonyl (C=O) groups excluding carboxylic acids is 1. The summed E-state index contributed by atoms with van der Waals surface area (Å²) < 4.78 is 43.2. The summed E-state index contributed by atoms with van der Waals surface area (Å²) in [5.41, 5.74) is -0.917. The Hall–Kier alpha value is -1.79. The second kappa shape index (κ2) is 4.64. The molecule has 2 rings (SSSR count). The van der Waals surface area contributed by atoms with Crippen LogP contribution in [0.15, 0.2) is 12.3 Å². The maximum Gasteiger partial charge on any atom is 0.417 e. The number of pyridine rings is 1. The summed E-state index contributed by atoms with van der Waals surface area (Å²) in [6.07, 6.45) is -3.92. The van der Waals surface area contributed by atoms with Crippen LogP contribution in [-0.4, -0.2) is 23.2 Å². The first kappa shape index (κ1) is 14.6. The topological polar surface area (TPSA) is 42.4 Å². The van der Waals surface area contributed by atoms with E-state index in [9.17, 15) is 18.0 Å². The first-order valence-corrected chi connectivity index (χ1v) is 6.14. The number of nitrogens with zero attached hydrogens (tertiary/aromatic N) is 2. The van der Waals surface area contributed by atoms with E-state index in [0.717, 1.165) is 12.3 Å². The minimum absolute atomic E-state index is 0.175. The third kappa shape index (κ3) is 3.02. The lowest BCUT2D eigenvalue weighted by molar-refractivity contribution is -0.137. The van der Waals surface area contributed by atoms with Crippen LogP contribution < -0.4 is 4.90 Å². The molecular weight excluding hydrogens is 273 g/mol. The van der Waals surface area contributed by atoms with Crippen molar-refractivity contribution in [2.45, 2.75) is 39.0 Å². The number of hydrogen-bond donors (Lipinski definition) is 0. The number of ether oxygens (including phenoxy) is 1. The van der Waals surface area contributed by atoms with E-state index in [1.807, 2.05) is 0 Å². The molecule has 0 N–H and O–H groups in total. The third-order valence-corrected chi connectivity index (χ3v) is 2.75. The van der Waals surface area contributed by atoms with Crippen molar-refractivity contribution in [2.75, 3.05) is 11.4 Å². The highest BCUT2D eigenvalue weighted by atomic mass is 19.4. The van der Waals surface area contributed by atoms with Gasteiger partial charge in [0, 0.05) is 19.2 Å². The molecule has 0 spiro atoms. The fraction of sp³-hybridized carbons (Fsp3) is 0.538. The highest BCUT2D eigenvalue weighted by Crippen LogP contribution is 2.35. The largest absolute Gasteiger partial charge is 0.443 e. The quantitative estimate of drug-likeness (QED) is 0.735. The van der Waals surface area contributed by atoms with Gasteiger partial charge in [-0.1, -0.05) is 0 Å². The molecule has 0 atom stereocenters.